The molecule has 0 saturated heterocycles. The Morgan fingerprint density at radius 1 is 1.10 bits per heavy atom. The predicted molar refractivity (Wildman–Crippen MR) is 158 cm³/mol. The summed E-state index contributed by atoms with van der Waals surface area (Å²) < 4.78 is 0.861. The van der Waals surface area contributed by atoms with Crippen molar-refractivity contribution in [3.8, 4) is 5.88 Å². The number of aliphatic hydroxyl groups excluding tert-OH is 2. The molecular weight excluding hydrogens is 570 g/mol. The summed E-state index contributed by atoms with van der Waals surface area (Å²) in [6.45, 7) is 7.21. The van der Waals surface area contributed by atoms with E-state index in [1.807, 2.05) is 18.2 Å². The van der Waals surface area contributed by atoms with Crippen LogP contribution in [-0.2, 0) is 4.79 Å². The fourth-order valence-corrected chi connectivity index (χ4v) is 10.5. The largest absolute Gasteiger partial charge is 0.493 e. The molecule has 40 heavy (non-hydrogen) atoms. The van der Waals surface area contributed by atoms with Gasteiger partial charge in [0.05, 0.1) is 17.7 Å². The molecule has 4 fully saturated rings. The fourth-order valence-electron chi connectivity index (χ4n) is 10.1. The lowest BCUT2D eigenvalue weighted by molar-refractivity contribution is -0.174. The van der Waals surface area contributed by atoms with Crippen molar-refractivity contribution in [3.63, 3.8) is 0 Å². The van der Waals surface area contributed by atoms with Crippen LogP contribution in [0, 0.1) is 46.3 Å². The van der Waals surface area contributed by atoms with Crippen LogP contribution < -0.4 is 0 Å². The summed E-state index contributed by atoms with van der Waals surface area (Å²) in [7, 11) is 0. The van der Waals surface area contributed by atoms with E-state index in [9.17, 15) is 20.1 Å². The van der Waals surface area contributed by atoms with Gasteiger partial charge in [-0.15, -0.1) is 10.2 Å². The normalized spacial score (nSPS) is 40.1. The number of aromatic hydroxyl groups is 1. The molecule has 4 N–H and O–H groups in total. The zero-order chi connectivity index (χ0) is 28.4. The Balaban J connectivity index is 1.11. The van der Waals surface area contributed by atoms with Crippen molar-refractivity contribution in [2.75, 3.05) is 0 Å². The SMILES string of the molecule is C[C@@H](CCC(=O)N=Nc1c(O)[nH]c2ccc(Br)cc12)[C@H]1CC[C@H]2[C@@H]3[C@@H](O)C[C@H]4C[C@@H](O)CC[C@]4(C)[C@H]3CC[C@]12C. The van der Waals surface area contributed by atoms with Gasteiger partial charge >= 0.3 is 0 Å². The lowest BCUT2D eigenvalue weighted by atomic mass is 9.43. The van der Waals surface area contributed by atoms with E-state index in [0.29, 0.717) is 47.3 Å². The second-order valence-electron chi connectivity index (χ2n) is 14.1. The zero-order valence-electron chi connectivity index (χ0n) is 23.9. The first-order valence-corrected chi connectivity index (χ1v) is 16.1. The number of aromatic nitrogens is 1. The van der Waals surface area contributed by atoms with Gasteiger partial charge in [-0.1, -0.05) is 36.7 Å². The summed E-state index contributed by atoms with van der Waals surface area (Å²) in [6.07, 6.45) is 8.98. The van der Waals surface area contributed by atoms with E-state index in [0.717, 1.165) is 54.9 Å². The minimum absolute atomic E-state index is 0.0898. The zero-order valence-corrected chi connectivity index (χ0v) is 25.5. The van der Waals surface area contributed by atoms with E-state index in [1.54, 1.807) is 0 Å². The summed E-state index contributed by atoms with van der Waals surface area (Å²) in [4.78, 5) is 15.6. The number of aliphatic hydroxyl groups is 2. The van der Waals surface area contributed by atoms with E-state index in [1.165, 1.54) is 12.8 Å². The molecule has 218 valence electrons. The maximum absolute atomic E-state index is 12.7. The summed E-state index contributed by atoms with van der Waals surface area (Å²) in [6, 6.07) is 5.56. The van der Waals surface area contributed by atoms with Gasteiger partial charge in [-0.25, -0.2) is 0 Å². The number of aromatic amines is 1. The molecule has 0 radical (unpaired) electrons. The second kappa shape index (κ2) is 10.5. The van der Waals surface area contributed by atoms with Gasteiger partial charge in [-0.05, 0) is 122 Å². The molecule has 0 unspecified atom stereocenters. The van der Waals surface area contributed by atoms with Gasteiger partial charge in [-0.2, -0.15) is 0 Å². The number of amides is 1. The molecule has 6 rings (SSSR count). The van der Waals surface area contributed by atoms with Crippen molar-refractivity contribution >= 4 is 38.4 Å². The van der Waals surface area contributed by atoms with Crippen molar-refractivity contribution in [3.05, 3.63) is 22.7 Å². The molecule has 1 heterocycles. The highest BCUT2D eigenvalue weighted by Crippen LogP contribution is 2.68. The molecule has 1 aromatic carbocycles. The average Bonchev–Trinajstić information content (AvgIpc) is 3.42. The van der Waals surface area contributed by atoms with Crippen molar-refractivity contribution in [2.45, 2.75) is 97.2 Å². The molecule has 2 aromatic rings. The molecule has 1 aromatic heterocycles. The first-order valence-electron chi connectivity index (χ1n) is 15.3. The molecule has 0 spiro atoms. The lowest BCUT2D eigenvalue weighted by Crippen LogP contribution is -2.58. The fraction of sp³-hybridized carbons (Fsp3) is 0.719. The number of hydrogen-bond donors (Lipinski definition) is 4. The Morgan fingerprint density at radius 3 is 2.65 bits per heavy atom. The predicted octanol–water partition coefficient (Wildman–Crippen LogP) is 7.65. The van der Waals surface area contributed by atoms with Crippen LogP contribution in [0.5, 0.6) is 5.88 Å². The highest BCUT2D eigenvalue weighted by Gasteiger charge is 2.62. The summed E-state index contributed by atoms with van der Waals surface area (Å²) in [5, 5.41) is 40.9. The van der Waals surface area contributed by atoms with E-state index in [2.05, 4.69) is 51.9 Å². The Morgan fingerprint density at radius 2 is 1.85 bits per heavy atom. The van der Waals surface area contributed by atoms with Crippen molar-refractivity contribution in [1.29, 1.82) is 0 Å². The summed E-state index contributed by atoms with van der Waals surface area (Å²) in [5.74, 6) is 2.42. The van der Waals surface area contributed by atoms with Crippen LogP contribution >= 0.6 is 15.9 Å². The number of nitrogens with zero attached hydrogens (tertiary/aromatic N) is 2. The lowest BCUT2D eigenvalue weighted by Gasteiger charge is -2.62. The number of azo groups is 1. The highest BCUT2D eigenvalue weighted by atomic mass is 79.9. The Bertz CT molecular complexity index is 1310. The van der Waals surface area contributed by atoms with Gasteiger partial charge in [0.1, 0.15) is 0 Å². The van der Waals surface area contributed by atoms with Crippen LogP contribution in [0.3, 0.4) is 0 Å². The minimum Gasteiger partial charge on any atom is -0.493 e. The van der Waals surface area contributed by atoms with Crippen LogP contribution in [0.1, 0.15) is 85.0 Å². The smallest absolute Gasteiger partial charge is 0.264 e. The van der Waals surface area contributed by atoms with E-state index in [-0.39, 0.29) is 40.5 Å². The Kier molecular flexibility index (Phi) is 7.44. The number of benzene rings is 1. The average molecular weight is 615 g/mol. The maximum Gasteiger partial charge on any atom is 0.264 e. The van der Waals surface area contributed by atoms with Gasteiger partial charge < -0.3 is 20.3 Å². The number of carbonyl (C=O) groups excluding carboxylic acids is 1. The third kappa shape index (κ3) is 4.66. The highest BCUT2D eigenvalue weighted by molar-refractivity contribution is 9.10. The molecule has 1 amide bonds. The molecule has 10 atom stereocenters. The maximum atomic E-state index is 12.7. The van der Waals surface area contributed by atoms with E-state index < -0.39 is 0 Å². The number of nitrogens with one attached hydrogen (secondary N) is 1. The molecule has 0 aliphatic heterocycles. The van der Waals surface area contributed by atoms with Gasteiger partial charge in [0, 0.05) is 16.3 Å². The number of H-pyrrole nitrogens is 1. The third-order valence-electron chi connectivity index (χ3n) is 12.2. The van der Waals surface area contributed by atoms with Crippen LogP contribution in [0.25, 0.3) is 10.9 Å². The number of hydrogen-bond acceptors (Lipinski definition) is 5. The molecule has 4 aliphatic carbocycles. The van der Waals surface area contributed by atoms with E-state index in [4.69, 9.17) is 0 Å². The van der Waals surface area contributed by atoms with E-state index >= 15 is 0 Å². The van der Waals surface area contributed by atoms with Crippen molar-refractivity contribution < 1.29 is 20.1 Å². The Hall–Kier alpha value is -1.77. The van der Waals surface area contributed by atoms with Crippen LogP contribution in [-0.4, -0.2) is 38.4 Å². The van der Waals surface area contributed by atoms with Crippen LogP contribution in [0.4, 0.5) is 5.69 Å². The summed E-state index contributed by atoms with van der Waals surface area (Å²) in [5.41, 5.74) is 1.45. The molecule has 4 aliphatic rings. The van der Waals surface area contributed by atoms with Crippen LogP contribution in [0.2, 0.25) is 0 Å². The topological polar surface area (TPSA) is 118 Å². The third-order valence-corrected chi connectivity index (χ3v) is 12.7. The number of carbonyl (C=O) groups is 1. The second-order valence-corrected chi connectivity index (χ2v) is 15.0. The monoisotopic (exact) mass is 613 g/mol. The quantitative estimate of drug-likeness (QED) is 0.259. The first-order chi connectivity index (χ1) is 19.0. The number of fused-ring (bicyclic) bond motifs is 6. The number of halogens is 1. The van der Waals surface area contributed by atoms with Crippen molar-refractivity contribution in [1.82, 2.24) is 4.98 Å². The molecule has 4 saturated carbocycles. The molecule has 7 nitrogen and oxygen atoms in total. The van der Waals surface area contributed by atoms with Crippen molar-refractivity contribution in [2.24, 2.45) is 56.6 Å². The standard InChI is InChI=1S/C32H44BrN3O4/c1-17(4-9-27(39)35-36-29-21-16-19(33)5-8-25(21)34-30(29)40)22-6-7-23-28-24(11-13-32(22,23)3)31(2)12-10-20(37)14-18(31)15-26(28)38/h5,8,16-18,20,22-24,26,28,34,37-38,40H,4,6-7,9-15H2,1-3H3/t17-,18+,20-,22+,23-,24-,26-,28-,31-,32+/m0/s1. The Labute approximate surface area is 245 Å². The molecule has 0 bridgehead atoms. The first kappa shape index (κ1) is 28.4. The minimum atomic E-state index is -0.268. The number of rotatable bonds is 5. The molecule has 8 heteroatoms. The summed E-state index contributed by atoms with van der Waals surface area (Å²) >= 11 is 3.44. The van der Waals surface area contributed by atoms with Gasteiger partial charge in [0.2, 0.25) is 5.88 Å². The van der Waals surface area contributed by atoms with Crippen LogP contribution in [0.15, 0.2) is 32.9 Å². The molecular formula is C32H44BrN3O4. The van der Waals surface area contributed by atoms with Gasteiger partial charge in [-0.3, -0.25) is 4.79 Å². The van der Waals surface area contributed by atoms with Gasteiger partial charge in [0.15, 0.2) is 5.69 Å². The van der Waals surface area contributed by atoms with Gasteiger partial charge in [0.25, 0.3) is 5.91 Å².